The number of benzene rings is 2. The van der Waals surface area contributed by atoms with Crippen molar-refractivity contribution in [3.63, 3.8) is 0 Å². The van der Waals surface area contributed by atoms with Crippen molar-refractivity contribution in [1.82, 2.24) is 5.43 Å². The summed E-state index contributed by atoms with van der Waals surface area (Å²) in [5.74, 6) is -0.178. The third-order valence-electron chi connectivity index (χ3n) is 3.51. The van der Waals surface area contributed by atoms with Crippen LogP contribution in [0.2, 0.25) is 0 Å². The third kappa shape index (κ3) is 6.05. The Labute approximate surface area is 153 Å². The van der Waals surface area contributed by atoms with Crippen LogP contribution < -0.4 is 15.5 Å². The van der Waals surface area contributed by atoms with Crippen LogP contribution in [0.3, 0.4) is 0 Å². The first-order valence-corrected chi connectivity index (χ1v) is 8.49. The molecular weight excluding hydrogens is 330 g/mol. The average molecular weight is 353 g/mol. The van der Waals surface area contributed by atoms with Crippen molar-refractivity contribution in [3.05, 3.63) is 59.7 Å². The number of nitrogens with zero attached hydrogens (tertiary/aromatic N) is 1. The van der Waals surface area contributed by atoms with E-state index in [4.69, 9.17) is 4.74 Å². The Kier molecular flexibility index (Phi) is 7.36. The van der Waals surface area contributed by atoms with Gasteiger partial charge >= 0.3 is 0 Å². The maximum absolute atomic E-state index is 11.9. The van der Waals surface area contributed by atoms with E-state index in [1.165, 1.54) is 6.21 Å². The highest BCUT2D eigenvalue weighted by Crippen LogP contribution is 2.16. The molecule has 0 unspecified atom stereocenters. The van der Waals surface area contributed by atoms with Gasteiger partial charge in [0.2, 0.25) is 11.8 Å². The number of nitrogens with one attached hydrogen (secondary N) is 2. The van der Waals surface area contributed by atoms with Gasteiger partial charge in [0.15, 0.2) is 0 Å². The Morgan fingerprint density at radius 3 is 2.58 bits per heavy atom. The van der Waals surface area contributed by atoms with Gasteiger partial charge in [0.05, 0.1) is 12.8 Å². The molecule has 0 spiro atoms. The zero-order chi connectivity index (χ0) is 18.8. The summed E-state index contributed by atoms with van der Waals surface area (Å²) in [6, 6.07) is 14.8. The SMILES string of the molecule is CCCOc1ccccc1C=NNC(=O)CC(=O)Nc1ccccc1C. The number of carbonyl (C=O) groups is 2. The lowest BCUT2D eigenvalue weighted by atomic mass is 10.2. The maximum atomic E-state index is 11.9. The lowest BCUT2D eigenvalue weighted by Gasteiger charge is -2.08. The quantitative estimate of drug-likeness (QED) is 0.434. The van der Waals surface area contributed by atoms with Crippen molar-refractivity contribution in [2.75, 3.05) is 11.9 Å². The number of hydrazone groups is 1. The van der Waals surface area contributed by atoms with E-state index in [9.17, 15) is 9.59 Å². The predicted molar refractivity (Wildman–Crippen MR) is 102 cm³/mol. The van der Waals surface area contributed by atoms with Crippen LogP contribution in [0.4, 0.5) is 5.69 Å². The van der Waals surface area contributed by atoms with Gasteiger partial charge in [-0.15, -0.1) is 0 Å². The van der Waals surface area contributed by atoms with Crippen molar-refractivity contribution in [2.24, 2.45) is 5.10 Å². The van der Waals surface area contributed by atoms with Crippen molar-refractivity contribution in [3.8, 4) is 5.75 Å². The third-order valence-corrected chi connectivity index (χ3v) is 3.51. The van der Waals surface area contributed by atoms with E-state index in [1.54, 1.807) is 6.07 Å². The molecule has 0 heterocycles. The van der Waals surface area contributed by atoms with Gasteiger partial charge in [-0.25, -0.2) is 5.43 Å². The molecule has 0 radical (unpaired) electrons. The fraction of sp³-hybridized carbons (Fsp3) is 0.250. The highest BCUT2D eigenvalue weighted by atomic mass is 16.5. The molecular formula is C20H23N3O3. The van der Waals surface area contributed by atoms with Gasteiger partial charge < -0.3 is 10.1 Å². The van der Waals surface area contributed by atoms with Crippen LogP contribution in [0.5, 0.6) is 5.75 Å². The van der Waals surface area contributed by atoms with Crippen molar-refractivity contribution in [2.45, 2.75) is 26.7 Å². The number of ether oxygens (including phenoxy) is 1. The summed E-state index contributed by atoms with van der Waals surface area (Å²) < 4.78 is 5.62. The van der Waals surface area contributed by atoms with Crippen molar-refractivity contribution in [1.29, 1.82) is 0 Å². The van der Waals surface area contributed by atoms with E-state index in [0.717, 1.165) is 17.5 Å². The minimum atomic E-state index is -0.487. The maximum Gasteiger partial charge on any atom is 0.249 e. The van der Waals surface area contributed by atoms with E-state index in [2.05, 4.69) is 15.8 Å². The second-order valence-corrected chi connectivity index (χ2v) is 5.72. The smallest absolute Gasteiger partial charge is 0.249 e. The standard InChI is InChI=1S/C20H23N3O3/c1-3-12-26-18-11-7-5-9-16(18)14-21-23-20(25)13-19(24)22-17-10-6-4-8-15(17)2/h4-11,14H,3,12-13H2,1-2H3,(H,22,24)(H,23,25). The molecule has 0 atom stereocenters. The number of carbonyl (C=O) groups excluding carboxylic acids is 2. The summed E-state index contributed by atoms with van der Waals surface area (Å²) in [4.78, 5) is 23.8. The van der Waals surface area contributed by atoms with Crippen LogP contribution in [-0.4, -0.2) is 24.6 Å². The number of hydrogen-bond donors (Lipinski definition) is 2. The zero-order valence-electron chi connectivity index (χ0n) is 15.0. The van der Waals surface area contributed by atoms with Crippen LogP contribution >= 0.6 is 0 Å². The number of para-hydroxylation sites is 2. The largest absolute Gasteiger partial charge is 0.493 e. The Hall–Kier alpha value is -3.15. The monoisotopic (exact) mass is 353 g/mol. The molecule has 2 aromatic carbocycles. The van der Waals surface area contributed by atoms with Crippen LogP contribution in [0.15, 0.2) is 53.6 Å². The van der Waals surface area contributed by atoms with E-state index in [-0.39, 0.29) is 6.42 Å². The minimum absolute atomic E-state index is 0.306. The molecule has 2 rings (SSSR count). The number of anilines is 1. The summed E-state index contributed by atoms with van der Waals surface area (Å²) in [6.07, 6.45) is 2.10. The minimum Gasteiger partial charge on any atom is -0.493 e. The average Bonchev–Trinajstić information content (AvgIpc) is 2.62. The number of hydrogen-bond acceptors (Lipinski definition) is 4. The first kappa shape index (κ1) is 19.2. The lowest BCUT2D eigenvalue weighted by Crippen LogP contribution is -2.24. The van der Waals surface area contributed by atoms with Gasteiger partial charge in [-0.2, -0.15) is 5.10 Å². The van der Waals surface area contributed by atoms with Gasteiger partial charge in [-0.1, -0.05) is 37.3 Å². The molecule has 26 heavy (non-hydrogen) atoms. The lowest BCUT2D eigenvalue weighted by molar-refractivity contribution is -0.126. The molecule has 0 bridgehead atoms. The highest BCUT2D eigenvalue weighted by Gasteiger charge is 2.10. The Morgan fingerprint density at radius 2 is 1.81 bits per heavy atom. The fourth-order valence-corrected chi connectivity index (χ4v) is 2.20. The second kappa shape index (κ2) is 9.98. The van der Waals surface area contributed by atoms with E-state index >= 15 is 0 Å². The first-order chi connectivity index (χ1) is 12.6. The van der Waals surface area contributed by atoms with Gasteiger partial charge in [-0.05, 0) is 37.1 Å². The molecule has 0 aromatic heterocycles. The molecule has 0 aliphatic rings. The van der Waals surface area contributed by atoms with Gasteiger partial charge in [-0.3, -0.25) is 9.59 Å². The summed E-state index contributed by atoms with van der Waals surface area (Å²) in [7, 11) is 0. The van der Waals surface area contributed by atoms with Crippen molar-refractivity contribution < 1.29 is 14.3 Å². The van der Waals surface area contributed by atoms with Crippen LogP contribution in [0.25, 0.3) is 0 Å². The summed E-state index contributed by atoms with van der Waals surface area (Å²) >= 11 is 0. The zero-order valence-corrected chi connectivity index (χ0v) is 15.0. The Morgan fingerprint density at radius 1 is 1.08 bits per heavy atom. The molecule has 6 heteroatoms. The molecule has 0 fully saturated rings. The van der Waals surface area contributed by atoms with Gasteiger partial charge in [0, 0.05) is 11.3 Å². The molecule has 0 aliphatic carbocycles. The molecule has 136 valence electrons. The molecule has 0 saturated heterocycles. The first-order valence-electron chi connectivity index (χ1n) is 8.49. The topological polar surface area (TPSA) is 79.8 Å². The summed E-state index contributed by atoms with van der Waals surface area (Å²) in [5, 5.41) is 6.61. The molecule has 2 aromatic rings. The summed E-state index contributed by atoms with van der Waals surface area (Å²) in [5.41, 5.74) is 4.74. The molecule has 6 nitrogen and oxygen atoms in total. The van der Waals surface area contributed by atoms with E-state index in [0.29, 0.717) is 18.0 Å². The highest BCUT2D eigenvalue weighted by molar-refractivity contribution is 6.04. The van der Waals surface area contributed by atoms with Crippen molar-refractivity contribution >= 4 is 23.7 Å². The number of amides is 2. The predicted octanol–water partition coefficient (Wildman–Crippen LogP) is 3.26. The number of aryl methyl sites for hydroxylation is 1. The number of rotatable bonds is 8. The normalized spacial score (nSPS) is 10.5. The fourth-order valence-electron chi connectivity index (χ4n) is 2.20. The van der Waals surface area contributed by atoms with Gasteiger partial charge in [0.1, 0.15) is 12.2 Å². The van der Waals surface area contributed by atoms with Crippen LogP contribution in [0.1, 0.15) is 30.9 Å². The van der Waals surface area contributed by atoms with Crippen LogP contribution in [0, 0.1) is 6.92 Å². The van der Waals surface area contributed by atoms with Crippen LogP contribution in [-0.2, 0) is 9.59 Å². The van der Waals surface area contributed by atoms with E-state index in [1.807, 2.05) is 56.3 Å². The van der Waals surface area contributed by atoms with E-state index < -0.39 is 11.8 Å². The molecule has 2 amide bonds. The molecule has 2 N–H and O–H groups in total. The summed E-state index contributed by atoms with van der Waals surface area (Å²) in [6.45, 7) is 4.52. The van der Waals surface area contributed by atoms with Gasteiger partial charge in [0.25, 0.3) is 0 Å². The second-order valence-electron chi connectivity index (χ2n) is 5.72. The Bertz CT molecular complexity index is 787. The molecule has 0 saturated carbocycles. The Balaban J connectivity index is 1.86. The molecule has 0 aliphatic heterocycles.